The monoisotopic (exact) mass is 896 g/mol. The first-order chi connectivity index (χ1) is 32.6. The quantitative estimate of drug-likeness (QED) is 0.0668. The predicted molar refractivity (Wildman–Crippen MR) is 247 cm³/mol. The number of hydrogen-bond acceptors (Lipinski definition) is 11. The summed E-state index contributed by atoms with van der Waals surface area (Å²) in [6.07, 6.45) is -8.58. The van der Waals surface area contributed by atoms with E-state index >= 15 is 0 Å². The van der Waals surface area contributed by atoms with Crippen molar-refractivity contribution in [3.05, 3.63) is 215 Å². The lowest BCUT2D eigenvalue weighted by molar-refractivity contribution is -0.376. The summed E-state index contributed by atoms with van der Waals surface area (Å²) in [7, 11) is 1.55. The van der Waals surface area contributed by atoms with Crippen molar-refractivity contribution in [1.29, 1.82) is 0 Å². The van der Waals surface area contributed by atoms with Crippen LogP contribution in [-0.4, -0.2) is 86.8 Å². The molecule has 1 N–H and O–H groups in total. The highest BCUT2D eigenvalue weighted by Crippen LogP contribution is 2.37. The Hall–Kier alpha value is -5.12. The van der Waals surface area contributed by atoms with Crippen molar-refractivity contribution in [2.45, 2.75) is 101 Å². The van der Waals surface area contributed by atoms with Crippen LogP contribution in [0.4, 0.5) is 0 Å². The second-order valence-electron chi connectivity index (χ2n) is 16.4. The SMILES string of the molecule is CO[C@H]1O[C@H](CO)[C@@H](OCc2ccccc2)[C@H](O[C@H]2O[C@H](COCc3ccccc3)[C@@H](OCc3ccccc3)[C@H](OCc3ccccc3)[C@@H]2OCc2ccccc2)[C@@H]1OCc1ccccc1. The summed E-state index contributed by atoms with van der Waals surface area (Å²) in [6.45, 7) is 1.30. The smallest absolute Gasteiger partial charge is 0.187 e. The number of methoxy groups -OCH3 is 1. The molecule has 0 aromatic heterocycles. The Morgan fingerprint density at radius 1 is 0.364 bits per heavy atom. The average Bonchev–Trinajstić information content (AvgIpc) is 3.38. The van der Waals surface area contributed by atoms with Crippen molar-refractivity contribution < 1.29 is 52.5 Å². The van der Waals surface area contributed by atoms with Crippen molar-refractivity contribution in [3.63, 3.8) is 0 Å². The minimum absolute atomic E-state index is 0.139. The van der Waals surface area contributed by atoms with Gasteiger partial charge >= 0.3 is 0 Å². The highest BCUT2D eigenvalue weighted by atomic mass is 16.8. The van der Waals surface area contributed by atoms with E-state index in [1.165, 1.54) is 0 Å². The first kappa shape index (κ1) is 47.4. The van der Waals surface area contributed by atoms with Crippen LogP contribution < -0.4 is 0 Å². The van der Waals surface area contributed by atoms with Crippen LogP contribution in [0.15, 0.2) is 182 Å². The fraction of sp³-hybridized carbons (Fsp3) is 0.345. The first-order valence-corrected chi connectivity index (χ1v) is 22.6. The summed E-state index contributed by atoms with van der Waals surface area (Å²) in [6, 6.07) is 59.7. The van der Waals surface area contributed by atoms with E-state index < -0.39 is 61.4 Å². The summed E-state index contributed by atoms with van der Waals surface area (Å²) in [5.74, 6) is 0. The van der Waals surface area contributed by atoms with E-state index in [4.69, 9.17) is 47.4 Å². The Morgan fingerprint density at radius 2 is 0.682 bits per heavy atom. The maximum Gasteiger partial charge on any atom is 0.187 e. The Kier molecular flexibility index (Phi) is 18.0. The van der Waals surface area contributed by atoms with Crippen molar-refractivity contribution >= 4 is 0 Å². The summed E-state index contributed by atoms with van der Waals surface area (Å²) in [5.41, 5.74) is 5.81. The molecule has 2 aliphatic heterocycles. The van der Waals surface area contributed by atoms with Gasteiger partial charge in [0.05, 0.1) is 52.9 Å². The second-order valence-corrected chi connectivity index (χ2v) is 16.4. The van der Waals surface area contributed by atoms with E-state index in [1.54, 1.807) is 7.11 Å². The van der Waals surface area contributed by atoms with Gasteiger partial charge < -0.3 is 52.5 Å². The molecular formula is C55H60O11. The predicted octanol–water partition coefficient (Wildman–Crippen LogP) is 8.60. The lowest BCUT2D eigenvalue weighted by Crippen LogP contribution is -2.66. The van der Waals surface area contributed by atoms with Gasteiger partial charge in [-0.1, -0.05) is 182 Å². The van der Waals surface area contributed by atoms with Gasteiger partial charge in [-0.3, -0.25) is 0 Å². The number of benzene rings is 6. The largest absolute Gasteiger partial charge is 0.394 e. The van der Waals surface area contributed by atoms with Gasteiger partial charge in [0.25, 0.3) is 0 Å². The molecule has 2 aliphatic rings. The number of aliphatic hydroxyl groups excluding tert-OH is 1. The Bertz CT molecular complexity index is 2170. The van der Waals surface area contributed by atoms with E-state index in [0.717, 1.165) is 33.4 Å². The van der Waals surface area contributed by atoms with E-state index in [-0.39, 0.29) is 46.2 Å². The van der Waals surface area contributed by atoms with Gasteiger partial charge in [0.2, 0.25) is 0 Å². The molecule has 2 heterocycles. The molecule has 0 bridgehead atoms. The maximum absolute atomic E-state index is 10.9. The molecular weight excluding hydrogens is 837 g/mol. The van der Waals surface area contributed by atoms with Crippen LogP contribution >= 0.6 is 0 Å². The van der Waals surface area contributed by atoms with Crippen LogP contribution in [0.5, 0.6) is 0 Å². The molecule has 346 valence electrons. The number of rotatable bonds is 23. The lowest BCUT2D eigenvalue weighted by atomic mass is 9.95. The molecule has 0 radical (unpaired) electrons. The van der Waals surface area contributed by atoms with Crippen molar-refractivity contribution in [2.75, 3.05) is 20.3 Å². The van der Waals surface area contributed by atoms with Gasteiger partial charge in [-0.25, -0.2) is 0 Å². The van der Waals surface area contributed by atoms with Gasteiger partial charge in [0, 0.05) is 7.11 Å². The first-order valence-electron chi connectivity index (χ1n) is 22.6. The zero-order valence-corrected chi connectivity index (χ0v) is 37.3. The van der Waals surface area contributed by atoms with E-state index in [2.05, 4.69) is 0 Å². The molecule has 0 aliphatic carbocycles. The third-order valence-electron chi connectivity index (χ3n) is 11.7. The highest BCUT2D eigenvalue weighted by Gasteiger charge is 2.54. The zero-order chi connectivity index (χ0) is 45.2. The van der Waals surface area contributed by atoms with Crippen molar-refractivity contribution in [3.8, 4) is 0 Å². The Labute approximate surface area is 388 Å². The number of aliphatic hydroxyl groups is 1. The fourth-order valence-corrected chi connectivity index (χ4v) is 8.29. The van der Waals surface area contributed by atoms with Crippen LogP contribution in [0.3, 0.4) is 0 Å². The standard InChI is InChI=1S/C55H60O11/c1-57-54-53(63-38-45-30-18-7-19-31-45)51(48(46(32-56)64-54)59-34-41-22-10-3-11-23-41)66-55-52(62-37-44-28-16-6-17-29-44)50(61-36-43-26-14-5-15-27-43)49(60-35-42-24-12-4-13-25-42)47(65-55)39-58-33-40-20-8-2-9-21-40/h2-31,46-56H,32-39H2,1H3/t46-,47-,48-,49-,50+,51+,52+,53+,54+,55-/m1/s1. The zero-order valence-electron chi connectivity index (χ0n) is 37.3. The molecule has 11 nitrogen and oxygen atoms in total. The summed E-state index contributed by atoms with van der Waals surface area (Å²) >= 11 is 0. The normalized spacial score (nSPS) is 25.4. The molecule has 0 unspecified atom stereocenters. The third kappa shape index (κ3) is 13.3. The van der Waals surface area contributed by atoms with Gasteiger partial charge in [-0.2, -0.15) is 0 Å². The molecule has 11 heteroatoms. The van der Waals surface area contributed by atoms with Crippen LogP contribution in [0.1, 0.15) is 33.4 Å². The number of hydrogen-bond donors (Lipinski definition) is 1. The molecule has 66 heavy (non-hydrogen) atoms. The molecule has 0 saturated carbocycles. The van der Waals surface area contributed by atoms with Crippen LogP contribution in [0.2, 0.25) is 0 Å². The van der Waals surface area contributed by atoms with Crippen LogP contribution in [0.25, 0.3) is 0 Å². The highest BCUT2D eigenvalue weighted by molar-refractivity contribution is 5.18. The molecule has 10 atom stereocenters. The fourth-order valence-electron chi connectivity index (χ4n) is 8.29. The topological polar surface area (TPSA) is 113 Å². The lowest BCUT2D eigenvalue weighted by Gasteiger charge is -2.50. The van der Waals surface area contributed by atoms with Gasteiger partial charge in [0.15, 0.2) is 12.6 Å². The molecule has 2 saturated heterocycles. The van der Waals surface area contributed by atoms with Gasteiger partial charge in [-0.15, -0.1) is 0 Å². The van der Waals surface area contributed by atoms with E-state index in [0.29, 0.717) is 6.61 Å². The average molecular weight is 897 g/mol. The van der Waals surface area contributed by atoms with Crippen LogP contribution in [0, 0.1) is 0 Å². The molecule has 8 rings (SSSR count). The molecule has 6 aromatic rings. The molecule has 2 fully saturated rings. The minimum Gasteiger partial charge on any atom is -0.394 e. The maximum atomic E-state index is 10.9. The van der Waals surface area contributed by atoms with E-state index in [9.17, 15) is 5.11 Å². The number of ether oxygens (including phenoxy) is 10. The van der Waals surface area contributed by atoms with Crippen LogP contribution in [-0.2, 0) is 87.0 Å². The van der Waals surface area contributed by atoms with Gasteiger partial charge in [0.1, 0.15) is 48.8 Å². The summed E-state index contributed by atoms with van der Waals surface area (Å²) < 4.78 is 67.7. The molecule has 6 aromatic carbocycles. The second kappa shape index (κ2) is 25.1. The van der Waals surface area contributed by atoms with Crippen molar-refractivity contribution in [2.24, 2.45) is 0 Å². The summed E-state index contributed by atoms with van der Waals surface area (Å²) in [5, 5.41) is 10.9. The Balaban J connectivity index is 1.18. The van der Waals surface area contributed by atoms with E-state index in [1.807, 2.05) is 182 Å². The summed E-state index contributed by atoms with van der Waals surface area (Å²) in [4.78, 5) is 0. The van der Waals surface area contributed by atoms with Gasteiger partial charge in [-0.05, 0) is 33.4 Å². The molecule has 0 spiro atoms. The minimum atomic E-state index is -1.11. The third-order valence-corrected chi connectivity index (χ3v) is 11.7. The Morgan fingerprint density at radius 3 is 1.06 bits per heavy atom. The molecule has 0 amide bonds. The van der Waals surface area contributed by atoms with Crippen molar-refractivity contribution in [1.82, 2.24) is 0 Å².